The minimum Gasteiger partial charge on any atom is -0.493 e. The van der Waals surface area contributed by atoms with Crippen molar-refractivity contribution in [3.63, 3.8) is 0 Å². The molecule has 0 radical (unpaired) electrons. The number of ether oxygens (including phenoxy) is 1. The second-order valence-electron chi connectivity index (χ2n) is 4.27. The summed E-state index contributed by atoms with van der Waals surface area (Å²) in [5.41, 5.74) is 1.21. The summed E-state index contributed by atoms with van der Waals surface area (Å²) in [6, 6.07) is 6.27. The van der Waals surface area contributed by atoms with E-state index in [9.17, 15) is 0 Å². The van der Waals surface area contributed by atoms with Crippen LogP contribution in [0.1, 0.15) is 18.4 Å². The number of imidazole rings is 1. The fourth-order valence-corrected chi connectivity index (χ4v) is 2.42. The number of halogens is 2. The zero-order valence-electron chi connectivity index (χ0n) is 10.9. The Bertz CT molecular complexity index is 488. The van der Waals surface area contributed by atoms with E-state index in [1.165, 1.54) is 9.13 Å². The number of benzene rings is 1. The molecule has 1 aromatic heterocycles. The highest BCUT2D eigenvalue weighted by molar-refractivity contribution is 14.1. The highest BCUT2D eigenvalue weighted by Gasteiger charge is 1.99. The molecule has 0 saturated heterocycles. The standard InChI is InChI=1S/C14H17IN2O.ClH/c1-12-10-13(15)4-5-14(12)18-9-3-2-7-17-8-6-16-11-17;/h4-6,8,10-11H,2-3,7,9H2,1H3;1H. The van der Waals surface area contributed by atoms with E-state index in [4.69, 9.17) is 4.74 Å². The Kier molecular flexibility index (Phi) is 7.23. The number of rotatable bonds is 6. The van der Waals surface area contributed by atoms with Crippen LogP contribution in [-0.4, -0.2) is 16.2 Å². The lowest BCUT2D eigenvalue weighted by Gasteiger charge is -2.09. The van der Waals surface area contributed by atoms with Crippen molar-refractivity contribution in [3.8, 4) is 5.75 Å². The second kappa shape index (κ2) is 8.43. The van der Waals surface area contributed by atoms with E-state index in [1.54, 1.807) is 0 Å². The number of aryl methyl sites for hydroxylation is 2. The largest absolute Gasteiger partial charge is 0.493 e. The summed E-state index contributed by atoms with van der Waals surface area (Å²) >= 11 is 2.31. The molecule has 0 aliphatic heterocycles. The van der Waals surface area contributed by atoms with Crippen LogP contribution < -0.4 is 4.74 Å². The van der Waals surface area contributed by atoms with E-state index in [2.05, 4.69) is 51.2 Å². The fourth-order valence-electron chi connectivity index (χ4n) is 1.77. The summed E-state index contributed by atoms with van der Waals surface area (Å²) in [4.78, 5) is 4.02. The quantitative estimate of drug-likeness (QED) is 0.547. The van der Waals surface area contributed by atoms with E-state index in [0.717, 1.165) is 31.7 Å². The zero-order valence-corrected chi connectivity index (χ0v) is 13.9. The van der Waals surface area contributed by atoms with E-state index >= 15 is 0 Å². The van der Waals surface area contributed by atoms with Gasteiger partial charge in [0.2, 0.25) is 0 Å². The van der Waals surface area contributed by atoms with Gasteiger partial charge in [0.05, 0.1) is 12.9 Å². The van der Waals surface area contributed by atoms with Gasteiger partial charge in [-0.3, -0.25) is 0 Å². The summed E-state index contributed by atoms with van der Waals surface area (Å²) in [6.07, 6.45) is 7.82. The van der Waals surface area contributed by atoms with Crippen molar-refractivity contribution in [2.45, 2.75) is 26.3 Å². The molecule has 5 heteroatoms. The molecule has 0 aliphatic rings. The first-order valence-electron chi connectivity index (χ1n) is 6.10. The lowest BCUT2D eigenvalue weighted by atomic mass is 10.2. The van der Waals surface area contributed by atoms with Gasteiger partial charge >= 0.3 is 0 Å². The summed E-state index contributed by atoms with van der Waals surface area (Å²) < 4.78 is 9.12. The van der Waals surface area contributed by atoms with Gasteiger partial charge < -0.3 is 9.30 Å². The van der Waals surface area contributed by atoms with Crippen LogP contribution in [0.5, 0.6) is 5.75 Å². The van der Waals surface area contributed by atoms with Crippen molar-refractivity contribution in [2.75, 3.05) is 6.61 Å². The van der Waals surface area contributed by atoms with Crippen molar-refractivity contribution >= 4 is 35.0 Å². The first-order valence-corrected chi connectivity index (χ1v) is 7.18. The number of aromatic nitrogens is 2. The fraction of sp³-hybridized carbons (Fsp3) is 0.357. The van der Waals surface area contributed by atoms with Gasteiger partial charge in [-0.2, -0.15) is 0 Å². The topological polar surface area (TPSA) is 27.1 Å². The molecule has 0 unspecified atom stereocenters. The molecule has 0 atom stereocenters. The van der Waals surface area contributed by atoms with Crippen molar-refractivity contribution in [2.24, 2.45) is 0 Å². The molecule has 104 valence electrons. The third-order valence-electron chi connectivity index (χ3n) is 2.76. The molecule has 0 fully saturated rings. The van der Waals surface area contributed by atoms with Gasteiger partial charge in [-0.15, -0.1) is 12.4 Å². The zero-order chi connectivity index (χ0) is 12.8. The Morgan fingerprint density at radius 1 is 1.32 bits per heavy atom. The van der Waals surface area contributed by atoms with Gasteiger partial charge in [0.25, 0.3) is 0 Å². The van der Waals surface area contributed by atoms with Crippen molar-refractivity contribution in [1.82, 2.24) is 9.55 Å². The molecule has 0 N–H and O–H groups in total. The average Bonchev–Trinajstić information content (AvgIpc) is 2.84. The van der Waals surface area contributed by atoms with Gasteiger partial charge in [0.1, 0.15) is 5.75 Å². The van der Waals surface area contributed by atoms with Gasteiger partial charge in [-0.05, 0) is 66.1 Å². The van der Waals surface area contributed by atoms with Gasteiger partial charge in [-0.25, -0.2) is 4.98 Å². The van der Waals surface area contributed by atoms with Crippen LogP contribution in [0.3, 0.4) is 0 Å². The molecule has 0 amide bonds. The Balaban J connectivity index is 0.00000180. The highest BCUT2D eigenvalue weighted by Crippen LogP contribution is 2.20. The maximum absolute atomic E-state index is 5.78. The Hall–Kier alpha value is -0.750. The van der Waals surface area contributed by atoms with Crippen molar-refractivity contribution < 1.29 is 4.74 Å². The number of nitrogens with zero attached hydrogens (tertiary/aromatic N) is 2. The molecule has 2 rings (SSSR count). The SMILES string of the molecule is Cc1cc(I)ccc1OCCCCn1ccnc1.Cl. The third-order valence-corrected chi connectivity index (χ3v) is 3.44. The van der Waals surface area contributed by atoms with Crippen LogP contribution in [0, 0.1) is 10.5 Å². The van der Waals surface area contributed by atoms with Crippen LogP contribution in [0.2, 0.25) is 0 Å². The smallest absolute Gasteiger partial charge is 0.122 e. The predicted octanol–water partition coefficient (Wildman–Crippen LogP) is 4.08. The molecule has 1 heterocycles. The van der Waals surface area contributed by atoms with Crippen LogP contribution in [0.4, 0.5) is 0 Å². The summed E-state index contributed by atoms with van der Waals surface area (Å²) in [7, 11) is 0. The predicted molar refractivity (Wildman–Crippen MR) is 88.1 cm³/mol. The lowest BCUT2D eigenvalue weighted by molar-refractivity contribution is 0.301. The van der Waals surface area contributed by atoms with Crippen LogP contribution in [0.15, 0.2) is 36.9 Å². The number of hydrogen-bond acceptors (Lipinski definition) is 2. The third kappa shape index (κ3) is 5.40. The molecule has 0 saturated carbocycles. The molecular weight excluding hydrogens is 375 g/mol. The Morgan fingerprint density at radius 2 is 2.16 bits per heavy atom. The molecule has 19 heavy (non-hydrogen) atoms. The molecular formula is C14H18ClIN2O. The monoisotopic (exact) mass is 392 g/mol. The Morgan fingerprint density at radius 3 is 2.84 bits per heavy atom. The molecule has 2 aromatic rings. The van der Waals surface area contributed by atoms with Crippen molar-refractivity contribution in [1.29, 1.82) is 0 Å². The van der Waals surface area contributed by atoms with Crippen LogP contribution in [0.25, 0.3) is 0 Å². The minimum absolute atomic E-state index is 0. The Labute approximate surface area is 133 Å². The first kappa shape index (κ1) is 16.3. The summed E-state index contributed by atoms with van der Waals surface area (Å²) in [5.74, 6) is 0.998. The minimum atomic E-state index is 0. The highest BCUT2D eigenvalue weighted by atomic mass is 127. The number of unbranched alkanes of at least 4 members (excludes halogenated alkanes) is 1. The lowest BCUT2D eigenvalue weighted by Crippen LogP contribution is -2.02. The van der Waals surface area contributed by atoms with E-state index in [1.807, 2.05) is 24.8 Å². The van der Waals surface area contributed by atoms with E-state index in [0.29, 0.717) is 0 Å². The molecule has 0 spiro atoms. The van der Waals surface area contributed by atoms with Crippen LogP contribution >= 0.6 is 35.0 Å². The van der Waals surface area contributed by atoms with E-state index < -0.39 is 0 Å². The summed E-state index contributed by atoms with van der Waals surface area (Å²) in [5, 5.41) is 0. The molecule has 3 nitrogen and oxygen atoms in total. The normalized spacial score (nSPS) is 10.0. The maximum Gasteiger partial charge on any atom is 0.122 e. The van der Waals surface area contributed by atoms with Gasteiger partial charge in [-0.1, -0.05) is 0 Å². The number of hydrogen-bond donors (Lipinski definition) is 0. The second-order valence-corrected chi connectivity index (χ2v) is 5.51. The van der Waals surface area contributed by atoms with Crippen LogP contribution in [-0.2, 0) is 6.54 Å². The van der Waals surface area contributed by atoms with Gasteiger partial charge in [0.15, 0.2) is 0 Å². The maximum atomic E-state index is 5.78. The van der Waals surface area contributed by atoms with Gasteiger partial charge in [0, 0.05) is 22.5 Å². The summed E-state index contributed by atoms with van der Waals surface area (Å²) in [6.45, 7) is 3.87. The van der Waals surface area contributed by atoms with E-state index in [-0.39, 0.29) is 12.4 Å². The van der Waals surface area contributed by atoms with Crippen molar-refractivity contribution in [3.05, 3.63) is 46.1 Å². The molecule has 1 aromatic carbocycles. The molecule has 0 bridgehead atoms. The average molecular weight is 393 g/mol. The first-order chi connectivity index (χ1) is 8.75. The molecule has 0 aliphatic carbocycles.